The predicted octanol–water partition coefficient (Wildman–Crippen LogP) is 3.64. The van der Waals surface area contributed by atoms with Crippen LogP contribution in [0.5, 0.6) is 0 Å². The van der Waals surface area contributed by atoms with Gasteiger partial charge < -0.3 is 9.64 Å². The van der Waals surface area contributed by atoms with E-state index in [0.717, 1.165) is 6.07 Å². The van der Waals surface area contributed by atoms with Gasteiger partial charge in [-0.3, -0.25) is 9.78 Å². The third-order valence-electron chi connectivity index (χ3n) is 3.67. The van der Waals surface area contributed by atoms with Gasteiger partial charge in [0.2, 0.25) is 0 Å². The Morgan fingerprint density at radius 2 is 2.04 bits per heavy atom. The van der Waals surface area contributed by atoms with Gasteiger partial charge in [-0.15, -0.1) is 0 Å². The largest absolute Gasteiger partial charge is 0.444 e. The summed E-state index contributed by atoms with van der Waals surface area (Å²) in [6.07, 6.45) is -3.27. The number of carbonyl (C=O) groups is 2. The number of nitrogens with zero attached hydrogens (tertiary/aromatic N) is 2. The topological polar surface area (TPSA) is 59.5 Å². The van der Waals surface area contributed by atoms with Crippen LogP contribution < -0.4 is 0 Å². The molecule has 2 rings (SSSR count). The first-order chi connectivity index (χ1) is 11.0. The van der Waals surface area contributed by atoms with Gasteiger partial charge in [-0.1, -0.05) is 0 Å². The lowest BCUT2D eigenvalue weighted by atomic mass is 9.98. The lowest BCUT2D eigenvalue weighted by Crippen LogP contribution is -2.35. The van der Waals surface area contributed by atoms with E-state index >= 15 is 0 Å². The molecule has 0 aliphatic carbocycles. The van der Waals surface area contributed by atoms with Gasteiger partial charge >= 0.3 is 12.3 Å². The first-order valence-electron chi connectivity index (χ1n) is 7.51. The molecule has 1 amide bonds. The molecule has 1 aromatic rings. The van der Waals surface area contributed by atoms with E-state index in [2.05, 4.69) is 4.98 Å². The van der Waals surface area contributed by atoms with Crippen LogP contribution in [0.3, 0.4) is 0 Å². The van der Waals surface area contributed by atoms with Crippen LogP contribution in [0.25, 0.3) is 0 Å². The van der Waals surface area contributed by atoms with Crippen LogP contribution in [0.1, 0.15) is 54.7 Å². The molecule has 5 nitrogen and oxygen atoms in total. The zero-order valence-corrected chi connectivity index (χ0v) is 13.7. The van der Waals surface area contributed by atoms with Gasteiger partial charge in [0.15, 0.2) is 6.29 Å². The Hall–Kier alpha value is -2.12. The van der Waals surface area contributed by atoms with Crippen LogP contribution >= 0.6 is 0 Å². The Kier molecular flexibility index (Phi) is 4.87. The molecule has 0 radical (unpaired) electrons. The van der Waals surface area contributed by atoms with Crippen molar-refractivity contribution in [2.45, 2.75) is 44.9 Å². The molecule has 0 spiro atoms. The number of amides is 1. The molecule has 0 N–H and O–H groups in total. The second kappa shape index (κ2) is 6.41. The van der Waals surface area contributed by atoms with Gasteiger partial charge in [0.1, 0.15) is 11.3 Å². The number of alkyl halides is 3. The van der Waals surface area contributed by atoms with E-state index in [0.29, 0.717) is 18.5 Å². The molecule has 132 valence electrons. The van der Waals surface area contributed by atoms with Gasteiger partial charge in [0, 0.05) is 25.2 Å². The number of pyridine rings is 1. The summed E-state index contributed by atoms with van der Waals surface area (Å²) in [5.74, 6) is -0.271. The minimum atomic E-state index is -4.65. The van der Waals surface area contributed by atoms with E-state index in [1.807, 2.05) is 0 Å². The first-order valence-corrected chi connectivity index (χ1v) is 7.51. The lowest BCUT2D eigenvalue weighted by Gasteiger charge is -2.24. The van der Waals surface area contributed by atoms with Gasteiger partial charge in [0.25, 0.3) is 0 Å². The van der Waals surface area contributed by atoms with Crippen molar-refractivity contribution in [2.24, 2.45) is 0 Å². The molecule has 1 fully saturated rings. The average molecular weight is 344 g/mol. The fourth-order valence-electron chi connectivity index (χ4n) is 2.56. The predicted molar refractivity (Wildman–Crippen MR) is 79.8 cm³/mol. The second-order valence-corrected chi connectivity index (χ2v) is 6.73. The summed E-state index contributed by atoms with van der Waals surface area (Å²) in [5, 5.41) is 0. The molecule has 0 saturated carbocycles. The van der Waals surface area contributed by atoms with E-state index in [9.17, 15) is 22.8 Å². The number of ether oxygens (including phenoxy) is 1. The highest BCUT2D eigenvalue weighted by Crippen LogP contribution is 2.35. The molecule has 0 aromatic carbocycles. The van der Waals surface area contributed by atoms with Crippen LogP contribution in [0.4, 0.5) is 18.0 Å². The van der Waals surface area contributed by atoms with Crippen molar-refractivity contribution in [1.82, 2.24) is 9.88 Å². The van der Waals surface area contributed by atoms with Crippen LogP contribution in [0, 0.1) is 0 Å². The number of hydrogen-bond donors (Lipinski definition) is 0. The Balaban J connectivity index is 2.17. The van der Waals surface area contributed by atoms with Crippen molar-refractivity contribution in [2.75, 3.05) is 13.1 Å². The molecule has 1 saturated heterocycles. The van der Waals surface area contributed by atoms with E-state index in [1.54, 1.807) is 20.8 Å². The van der Waals surface area contributed by atoms with Crippen LogP contribution in [-0.4, -0.2) is 41.0 Å². The number of carbonyl (C=O) groups excluding carboxylic acids is 2. The van der Waals surface area contributed by atoms with Crippen LogP contribution in [0.2, 0.25) is 0 Å². The van der Waals surface area contributed by atoms with Gasteiger partial charge in [-0.05, 0) is 38.8 Å². The summed E-state index contributed by atoms with van der Waals surface area (Å²) >= 11 is 0. The molecule has 1 atom stereocenters. The number of aromatic nitrogens is 1. The van der Waals surface area contributed by atoms with Crippen LogP contribution in [0.15, 0.2) is 12.3 Å². The Bertz CT molecular complexity index is 638. The Morgan fingerprint density at radius 3 is 2.58 bits per heavy atom. The normalized spacial score (nSPS) is 18.6. The average Bonchev–Trinajstić information content (AvgIpc) is 2.93. The molecular formula is C16H19F3N2O3. The van der Waals surface area contributed by atoms with Crippen molar-refractivity contribution in [3.63, 3.8) is 0 Å². The molecule has 2 heterocycles. The van der Waals surface area contributed by atoms with Crippen molar-refractivity contribution in [3.05, 3.63) is 29.1 Å². The van der Waals surface area contributed by atoms with E-state index in [1.165, 1.54) is 11.1 Å². The lowest BCUT2D eigenvalue weighted by molar-refractivity contribution is -0.138. The summed E-state index contributed by atoms with van der Waals surface area (Å²) in [7, 11) is 0. The fourth-order valence-corrected chi connectivity index (χ4v) is 2.56. The summed E-state index contributed by atoms with van der Waals surface area (Å²) < 4.78 is 44.3. The monoisotopic (exact) mass is 344 g/mol. The van der Waals surface area contributed by atoms with Crippen molar-refractivity contribution in [1.29, 1.82) is 0 Å². The summed E-state index contributed by atoms with van der Waals surface area (Å²) in [4.78, 5) is 27.9. The highest BCUT2D eigenvalue weighted by atomic mass is 19.4. The highest BCUT2D eigenvalue weighted by Gasteiger charge is 2.36. The molecule has 8 heteroatoms. The number of rotatable bonds is 2. The number of aldehydes is 1. The van der Waals surface area contributed by atoms with Crippen molar-refractivity contribution < 1.29 is 27.5 Å². The third-order valence-corrected chi connectivity index (χ3v) is 3.67. The minimum Gasteiger partial charge on any atom is -0.444 e. The number of likely N-dealkylation sites (tertiary alicyclic amines) is 1. The zero-order chi connectivity index (χ0) is 18.1. The minimum absolute atomic E-state index is 0.0915. The summed E-state index contributed by atoms with van der Waals surface area (Å²) in [6, 6.07) is 0.944. The molecule has 1 aromatic heterocycles. The fraction of sp³-hybridized carbons (Fsp3) is 0.562. The van der Waals surface area contributed by atoms with Gasteiger partial charge in [0.05, 0.1) is 5.56 Å². The molecule has 1 unspecified atom stereocenters. The zero-order valence-electron chi connectivity index (χ0n) is 13.7. The number of halogens is 3. The molecule has 1 aliphatic rings. The highest BCUT2D eigenvalue weighted by molar-refractivity contribution is 5.74. The maximum Gasteiger partial charge on any atom is 0.418 e. The smallest absolute Gasteiger partial charge is 0.418 e. The van der Waals surface area contributed by atoms with Gasteiger partial charge in [-0.2, -0.15) is 13.2 Å². The molecule has 24 heavy (non-hydrogen) atoms. The first kappa shape index (κ1) is 18.2. The van der Waals surface area contributed by atoms with E-state index in [4.69, 9.17) is 4.74 Å². The maximum atomic E-state index is 13.0. The van der Waals surface area contributed by atoms with Crippen LogP contribution in [-0.2, 0) is 10.9 Å². The quantitative estimate of drug-likeness (QED) is 0.769. The SMILES string of the molecule is CC(C)(C)OC(=O)N1CCC(c2cnc(C=O)c(C(F)(F)F)c2)C1. The summed E-state index contributed by atoms with van der Waals surface area (Å²) in [5.41, 5.74) is -1.95. The molecule has 0 bridgehead atoms. The van der Waals surface area contributed by atoms with Crippen molar-refractivity contribution in [3.8, 4) is 0 Å². The summed E-state index contributed by atoms with van der Waals surface area (Å²) in [6.45, 7) is 5.90. The Morgan fingerprint density at radius 1 is 1.38 bits per heavy atom. The molecule has 1 aliphatic heterocycles. The number of hydrogen-bond acceptors (Lipinski definition) is 4. The van der Waals surface area contributed by atoms with E-state index < -0.39 is 29.1 Å². The third kappa shape index (κ3) is 4.24. The molecular weight excluding hydrogens is 325 g/mol. The Labute approximate surface area is 137 Å². The second-order valence-electron chi connectivity index (χ2n) is 6.73. The maximum absolute atomic E-state index is 13.0. The van der Waals surface area contributed by atoms with Crippen molar-refractivity contribution >= 4 is 12.4 Å². The standard InChI is InChI=1S/C16H19F3N2O3/c1-15(2,3)24-14(23)21-5-4-10(8-21)11-6-12(16(17,18)19)13(9-22)20-7-11/h6-7,9-10H,4-5,8H2,1-3H3. The van der Waals surface area contributed by atoms with E-state index in [-0.39, 0.29) is 18.7 Å². The van der Waals surface area contributed by atoms with Gasteiger partial charge in [-0.25, -0.2) is 4.79 Å².